The van der Waals surface area contributed by atoms with Gasteiger partial charge in [-0.15, -0.1) is 46.4 Å². The van der Waals surface area contributed by atoms with Crippen molar-refractivity contribution >= 4 is 46.4 Å². The zero-order valence-corrected chi connectivity index (χ0v) is 10.2. The summed E-state index contributed by atoms with van der Waals surface area (Å²) in [5.74, 6) is 0. The fraction of sp³-hybridized carbons (Fsp3) is 0.400. The Morgan fingerprint density at radius 1 is 0.714 bits per heavy atom. The molecule has 14 heavy (non-hydrogen) atoms. The van der Waals surface area contributed by atoms with Gasteiger partial charge in [0.15, 0.2) is 0 Å². The first kappa shape index (κ1) is 10.9. The minimum atomic E-state index is -0.323. The van der Waals surface area contributed by atoms with Crippen LogP contribution in [0.5, 0.6) is 0 Å². The van der Waals surface area contributed by atoms with Gasteiger partial charge in [-0.05, 0) is 11.1 Å². The van der Waals surface area contributed by atoms with Crippen LogP contribution in [0.3, 0.4) is 0 Å². The van der Waals surface area contributed by atoms with E-state index in [2.05, 4.69) is 0 Å². The highest BCUT2D eigenvalue weighted by Crippen LogP contribution is 2.47. The van der Waals surface area contributed by atoms with Gasteiger partial charge in [-0.1, -0.05) is 24.3 Å². The summed E-state index contributed by atoms with van der Waals surface area (Å²) < 4.78 is 0. The van der Waals surface area contributed by atoms with Crippen LogP contribution in [-0.2, 0) is 0 Å². The van der Waals surface area contributed by atoms with Crippen LogP contribution in [0.1, 0.15) is 21.9 Å². The third kappa shape index (κ3) is 1.63. The molecule has 0 amide bonds. The van der Waals surface area contributed by atoms with E-state index in [-0.39, 0.29) is 21.5 Å². The highest BCUT2D eigenvalue weighted by Gasteiger charge is 2.39. The van der Waals surface area contributed by atoms with Crippen molar-refractivity contribution in [1.29, 1.82) is 0 Å². The zero-order valence-electron chi connectivity index (χ0n) is 7.13. The van der Waals surface area contributed by atoms with E-state index in [1.165, 1.54) is 0 Å². The van der Waals surface area contributed by atoms with Gasteiger partial charge in [0.05, 0.1) is 21.5 Å². The van der Waals surface area contributed by atoms with Crippen molar-refractivity contribution in [2.75, 3.05) is 0 Å². The summed E-state index contributed by atoms with van der Waals surface area (Å²) in [7, 11) is 0. The summed E-state index contributed by atoms with van der Waals surface area (Å²) in [5, 5.41) is -1.16. The smallest absolute Gasteiger partial charge is 0.0767 e. The van der Waals surface area contributed by atoms with E-state index in [4.69, 9.17) is 46.4 Å². The van der Waals surface area contributed by atoms with Gasteiger partial charge in [0, 0.05) is 0 Å². The highest BCUT2D eigenvalue weighted by molar-refractivity contribution is 6.39. The van der Waals surface area contributed by atoms with Crippen LogP contribution in [0.25, 0.3) is 0 Å². The normalized spacial score (nSPS) is 36.6. The summed E-state index contributed by atoms with van der Waals surface area (Å²) in [6.07, 6.45) is 0. The molecule has 1 aromatic rings. The van der Waals surface area contributed by atoms with Crippen LogP contribution in [0, 0.1) is 0 Å². The fourth-order valence-electron chi connectivity index (χ4n) is 1.68. The molecule has 2 rings (SSSR count). The first-order valence-corrected chi connectivity index (χ1v) is 6.02. The topological polar surface area (TPSA) is 0 Å². The molecular formula is C10H8Cl4. The number of hydrogen-bond acceptors (Lipinski definition) is 0. The monoisotopic (exact) mass is 268 g/mol. The first-order valence-electron chi connectivity index (χ1n) is 4.28. The highest BCUT2D eigenvalue weighted by atomic mass is 35.5. The number of benzene rings is 1. The van der Waals surface area contributed by atoms with Gasteiger partial charge in [-0.25, -0.2) is 0 Å². The number of hydrogen-bond donors (Lipinski definition) is 0. The van der Waals surface area contributed by atoms with Gasteiger partial charge < -0.3 is 0 Å². The molecule has 0 fully saturated rings. The van der Waals surface area contributed by atoms with Crippen LogP contribution < -0.4 is 0 Å². The molecule has 76 valence electrons. The largest absolute Gasteiger partial charge is 0.119 e. The average molecular weight is 270 g/mol. The molecule has 1 aromatic carbocycles. The Kier molecular flexibility index (Phi) is 3.18. The summed E-state index contributed by atoms with van der Waals surface area (Å²) in [4.78, 5) is 0. The summed E-state index contributed by atoms with van der Waals surface area (Å²) >= 11 is 24.5. The van der Waals surface area contributed by atoms with E-state index in [1.54, 1.807) is 0 Å². The lowest BCUT2D eigenvalue weighted by atomic mass is 9.90. The lowest BCUT2D eigenvalue weighted by molar-refractivity contribution is 0.668. The second kappa shape index (κ2) is 4.09. The van der Waals surface area contributed by atoms with E-state index in [1.807, 2.05) is 24.3 Å². The van der Waals surface area contributed by atoms with E-state index >= 15 is 0 Å². The van der Waals surface area contributed by atoms with Gasteiger partial charge in [0.1, 0.15) is 0 Å². The predicted octanol–water partition coefficient (Wildman–Crippen LogP) is 4.47. The van der Waals surface area contributed by atoms with Crippen molar-refractivity contribution < 1.29 is 0 Å². The molecule has 0 spiro atoms. The van der Waals surface area contributed by atoms with Crippen molar-refractivity contribution in [2.45, 2.75) is 21.5 Å². The van der Waals surface area contributed by atoms with Crippen LogP contribution in [0.2, 0.25) is 0 Å². The van der Waals surface area contributed by atoms with E-state index < -0.39 is 0 Å². The summed E-state index contributed by atoms with van der Waals surface area (Å²) in [6, 6.07) is 7.74. The zero-order chi connectivity index (χ0) is 10.3. The van der Waals surface area contributed by atoms with Gasteiger partial charge >= 0.3 is 0 Å². The van der Waals surface area contributed by atoms with Crippen molar-refractivity contribution in [3.05, 3.63) is 35.4 Å². The Labute approximate surface area is 103 Å². The molecular weight excluding hydrogens is 262 g/mol. The van der Waals surface area contributed by atoms with Crippen LogP contribution in [0.4, 0.5) is 0 Å². The molecule has 0 unspecified atom stereocenters. The molecule has 0 nitrogen and oxygen atoms in total. The molecule has 0 heterocycles. The Hall–Kier alpha value is 0.380. The lowest BCUT2D eigenvalue weighted by Crippen LogP contribution is -2.30. The molecule has 0 aromatic heterocycles. The van der Waals surface area contributed by atoms with Gasteiger partial charge in [-0.2, -0.15) is 0 Å². The molecule has 1 aliphatic rings. The lowest BCUT2D eigenvalue weighted by Gasteiger charge is -2.33. The van der Waals surface area contributed by atoms with E-state index in [0.29, 0.717) is 0 Å². The van der Waals surface area contributed by atoms with Gasteiger partial charge in [-0.3, -0.25) is 0 Å². The van der Waals surface area contributed by atoms with Crippen LogP contribution in [0.15, 0.2) is 24.3 Å². The second-order valence-corrected chi connectivity index (χ2v) is 5.27. The third-order valence-corrected chi connectivity index (χ3v) is 4.90. The maximum Gasteiger partial charge on any atom is 0.0767 e. The number of rotatable bonds is 0. The Bertz CT molecular complexity index is 306. The maximum absolute atomic E-state index is 6.18. The van der Waals surface area contributed by atoms with Crippen molar-refractivity contribution in [3.63, 3.8) is 0 Å². The molecule has 0 N–H and O–H groups in total. The fourth-order valence-corrected chi connectivity index (χ4v) is 3.10. The second-order valence-electron chi connectivity index (χ2n) is 3.32. The van der Waals surface area contributed by atoms with Crippen LogP contribution >= 0.6 is 46.4 Å². The molecule has 0 aliphatic heterocycles. The molecule has 0 saturated carbocycles. The SMILES string of the molecule is Cl[C@H]1[C@H](Cl)[C@@H](Cl)c2ccccc2[C@@H]1Cl. The average Bonchev–Trinajstić information content (AvgIpc) is 2.23. The van der Waals surface area contributed by atoms with E-state index in [9.17, 15) is 0 Å². The standard InChI is InChI=1S/C10H8Cl4/c11-7-5-3-1-2-4-6(5)8(12)10(14)9(7)13/h1-4,7-10H/t7-,8-,9+,10+/m0/s1. The minimum Gasteiger partial charge on any atom is -0.119 e. The van der Waals surface area contributed by atoms with Crippen molar-refractivity contribution in [3.8, 4) is 0 Å². The van der Waals surface area contributed by atoms with Gasteiger partial charge in [0.25, 0.3) is 0 Å². The quantitative estimate of drug-likeness (QED) is 0.610. The summed E-state index contributed by atoms with van der Waals surface area (Å²) in [5.41, 5.74) is 1.98. The molecule has 1 aliphatic carbocycles. The first-order chi connectivity index (χ1) is 6.63. The molecule has 0 radical (unpaired) electrons. The molecule has 0 bridgehead atoms. The predicted molar refractivity (Wildman–Crippen MR) is 62.9 cm³/mol. The van der Waals surface area contributed by atoms with Crippen molar-refractivity contribution in [1.82, 2.24) is 0 Å². The Morgan fingerprint density at radius 2 is 1.07 bits per heavy atom. The molecule has 0 saturated heterocycles. The van der Waals surface area contributed by atoms with Crippen molar-refractivity contribution in [2.24, 2.45) is 0 Å². The maximum atomic E-state index is 6.18. The molecule has 4 atom stereocenters. The van der Waals surface area contributed by atoms with E-state index in [0.717, 1.165) is 11.1 Å². The Morgan fingerprint density at radius 3 is 1.43 bits per heavy atom. The Balaban J connectivity index is 2.51. The number of fused-ring (bicyclic) bond motifs is 1. The van der Waals surface area contributed by atoms with Gasteiger partial charge in [0.2, 0.25) is 0 Å². The summed E-state index contributed by atoms with van der Waals surface area (Å²) in [6.45, 7) is 0. The van der Waals surface area contributed by atoms with Crippen LogP contribution in [-0.4, -0.2) is 10.8 Å². The number of alkyl halides is 4. The minimum absolute atomic E-state index is 0.259. The third-order valence-electron chi connectivity index (χ3n) is 2.45. The molecule has 4 heteroatoms. The number of halogens is 4.